The molecule has 0 aromatic rings. The Bertz CT molecular complexity index is 216. The second-order valence-electron chi connectivity index (χ2n) is 1.76. The topological polar surface area (TPSA) is 49.8 Å². The third-order valence-corrected chi connectivity index (χ3v) is 0.954. The van der Waals surface area contributed by atoms with Crippen LogP contribution < -0.4 is 5.73 Å². The van der Waals surface area contributed by atoms with Crippen LogP contribution in [0.3, 0.4) is 0 Å². The first-order chi connectivity index (χ1) is 4.70. The lowest BCUT2D eigenvalue weighted by Gasteiger charge is -1.86. The second-order valence-corrected chi connectivity index (χ2v) is 1.76. The van der Waals surface area contributed by atoms with Crippen LogP contribution in [0.5, 0.6) is 0 Å². The summed E-state index contributed by atoms with van der Waals surface area (Å²) in [6.45, 7) is 5.28. The number of hydrogen-bond acceptors (Lipinski definition) is 2. The van der Waals surface area contributed by atoms with E-state index < -0.39 is 0 Å². The Kier molecular flexibility index (Phi) is 3.74. The quantitative estimate of drug-likeness (QED) is 0.459. The van der Waals surface area contributed by atoms with Crippen molar-refractivity contribution in [1.82, 2.24) is 0 Å². The average molecular weight is 134 g/mol. The van der Waals surface area contributed by atoms with E-state index >= 15 is 0 Å². The molecule has 0 aromatic carbocycles. The van der Waals surface area contributed by atoms with Crippen molar-refractivity contribution >= 4 is 0 Å². The molecule has 0 aliphatic heterocycles. The fourth-order valence-electron chi connectivity index (χ4n) is 0.330. The molecule has 0 aromatic heterocycles. The molecule has 2 heteroatoms. The molecular weight excluding hydrogens is 124 g/mol. The molecule has 0 saturated carbocycles. The predicted octanol–water partition coefficient (Wildman–Crippen LogP) is 1.48. The Morgan fingerprint density at radius 1 is 1.60 bits per heavy atom. The van der Waals surface area contributed by atoms with Gasteiger partial charge in [-0.3, -0.25) is 0 Å². The highest BCUT2D eigenvalue weighted by Crippen LogP contribution is 1.92. The Labute approximate surface area is 61.0 Å². The lowest BCUT2D eigenvalue weighted by molar-refractivity contribution is 1.39. The number of allylic oxidation sites excluding steroid dienone is 4. The van der Waals surface area contributed by atoms with Crippen molar-refractivity contribution < 1.29 is 0 Å². The van der Waals surface area contributed by atoms with E-state index in [0.717, 1.165) is 0 Å². The summed E-state index contributed by atoms with van der Waals surface area (Å²) in [5, 5.41) is 8.26. The molecule has 0 spiro atoms. The van der Waals surface area contributed by atoms with E-state index in [9.17, 15) is 0 Å². The molecule has 0 aliphatic carbocycles. The van der Waals surface area contributed by atoms with E-state index in [1.165, 1.54) is 0 Å². The second kappa shape index (κ2) is 4.39. The molecule has 2 N–H and O–H groups in total. The minimum absolute atomic E-state index is 0.407. The molecule has 0 bridgehead atoms. The van der Waals surface area contributed by atoms with Crippen LogP contribution in [-0.4, -0.2) is 0 Å². The van der Waals surface area contributed by atoms with Crippen LogP contribution >= 0.6 is 0 Å². The van der Waals surface area contributed by atoms with E-state index in [2.05, 4.69) is 6.58 Å². The largest absolute Gasteiger partial charge is 0.399 e. The maximum atomic E-state index is 8.26. The highest BCUT2D eigenvalue weighted by Gasteiger charge is 1.80. The maximum absolute atomic E-state index is 8.26. The van der Waals surface area contributed by atoms with Gasteiger partial charge in [-0.05, 0) is 19.1 Å². The van der Waals surface area contributed by atoms with Gasteiger partial charge in [0.2, 0.25) is 0 Å². The monoisotopic (exact) mass is 134 g/mol. The first-order valence-electron chi connectivity index (χ1n) is 2.89. The molecule has 0 amide bonds. The average Bonchev–Trinajstić information content (AvgIpc) is 1.99. The number of nitrogens with two attached hydrogens (primary N) is 1. The predicted molar refractivity (Wildman–Crippen MR) is 41.8 cm³/mol. The molecule has 0 rings (SSSR count). The molecule has 10 heavy (non-hydrogen) atoms. The molecule has 0 fully saturated rings. The highest BCUT2D eigenvalue weighted by molar-refractivity contribution is 5.33. The SMILES string of the molecule is C=C(C#N)/C=C\C(N)=C/C. The minimum atomic E-state index is 0.407. The molecule has 0 heterocycles. The number of nitrogens with zero attached hydrogens (tertiary/aromatic N) is 1. The van der Waals surface area contributed by atoms with Crippen LogP contribution in [-0.2, 0) is 0 Å². The summed E-state index contributed by atoms with van der Waals surface area (Å²) >= 11 is 0. The number of nitriles is 1. The van der Waals surface area contributed by atoms with Crippen molar-refractivity contribution in [3.05, 3.63) is 36.1 Å². The summed E-state index contributed by atoms with van der Waals surface area (Å²) in [4.78, 5) is 0. The zero-order chi connectivity index (χ0) is 7.98. The molecule has 0 saturated heterocycles. The summed E-state index contributed by atoms with van der Waals surface area (Å²) < 4.78 is 0. The first-order valence-corrected chi connectivity index (χ1v) is 2.89. The van der Waals surface area contributed by atoms with Crippen LogP contribution in [0.15, 0.2) is 36.1 Å². The van der Waals surface area contributed by atoms with Gasteiger partial charge in [0.25, 0.3) is 0 Å². The third kappa shape index (κ3) is 3.50. The molecule has 0 aliphatic rings. The van der Waals surface area contributed by atoms with Gasteiger partial charge in [-0.1, -0.05) is 12.7 Å². The summed E-state index contributed by atoms with van der Waals surface area (Å²) in [5.74, 6) is 0. The van der Waals surface area contributed by atoms with Crippen molar-refractivity contribution in [3.8, 4) is 6.07 Å². The standard InChI is InChI=1S/C8H10N2/c1-3-8(10)5-4-7(2)6-9/h3-5H,2,10H2,1H3/b5-4-,8-3+. The van der Waals surface area contributed by atoms with Crippen LogP contribution in [0.25, 0.3) is 0 Å². The Morgan fingerprint density at radius 3 is 2.60 bits per heavy atom. The van der Waals surface area contributed by atoms with E-state index in [4.69, 9.17) is 11.0 Å². The van der Waals surface area contributed by atoms with Crippen LogP contribution in [0, 0.1) is 11.3 Å². The van der Waals surface area contributed by atoms with E-state index in [1.54, 1.807) is 18.2 Å². The van der Waals surface area contributed by atoms with Crippen molar-refractivity contribution in [3.63, 3.8) is 0 Å². The Balaban J connectivity index is 4.04. The van der Waals surface area contributed by atoms with E-state index in [1.807, 2.05) is 13.0 Å². The molecule has 0 atom stereocenters. The third-order valence-electron chi connectivity index (χ3n) is 0.954. The maximum Gasteiger partial charge on any atom is 0.0985 e. The normalized spacial score (nSPS) is 11.4. The van der Waals surface area contributed by atoms with Crippen molar-refractivity contribution in [1.29, 1.82) is 5.26 Å². The van der Waals surface area contributed by atoms with E-state index in [0.29, 0.717) is 11.3 Å². The van der Waals surface area contributed by atoms with Gasteiger partial charge in [-0.25, -0.2) is 0 Å². The summed E-state index contributed by atoms with van der Waals surface area (Å²) in [6, 6.07) is 1.88. The van der Waals surface area contributed by atoms with Gasteiger partial charge >= 0.3 is 0 Å². The lowest BCUT2D eigenvalue weighted by Crippen LogP contribution is -1.90. The van der Waals surface area contributed by atoms with E-state index in [-0.39, 0.29) is 0 Å². The fraction of sp³-hybridized carbons (Fsp3) is 0.125. The van der Waals surface area contributed by atoms with Gasteiger partial charge in [-0.15, -0.1) is 0 Å². The Hall–Kier alpha value is -1.49. The zero-order valence-electron chi connectivity index (χ0n) is 5.96. The molecule has 0 radical (unpaired) electrons. The van der Waals surface area contributed by atoms with Gasteiger partial charge in [0.05, 0.1) is 6.07 Å². The van der Waals surface area contributed by atoms with Crippen molar-refractivity contribution in [2.45, 2.75) is 6.92 Å². The molecular formula is C8H10N2. The first kappa shape index (κ1) is 8.51. The lowest BCUT2D eigenvalue weighted by atomic mass is 10.3. The van der Waals surface area contributed by atoms with Gasteiger partial charge < -0.3 is 5.73 Å². The fourth-order valence-corrected chi connectivity index (χ4v) is 0.330. The van der Waals surface area contributed by atoms with Crippen LogP contribution in [0.1, 0.15) is 6.92 Å². The number of hydrogen-bond donors (Lipinski definition) is 1. The zero-order valence-corrected chi connectivity index (χ0v) is 5.96. The van der Waals surface area contributed by atoms with Gasteiger partial charge in [0.15, 0.2) is 0 Å². The smallest absolute Gasteiger partial charge is 0.0985 e. The summed E-state index contributed by atoms with van der Waals surface area (Å²) in [7, 11) is 0. The van der Waals surface area contributed by atoms with Crippen molar-refractivity contribution in [2.24, 2.45) is 5.73 Å². The van der Waals surface area contributed by atoms with Gasteiger partial charge in [0, 0.05) is 11.3 Å². The van der Waals surface area contributed by atoms with Crippen molar-refractivity contribution in [2.75, 3.05) is 0 Å². The van der Waals surface area contributed by atoms with Gasteiger partial charge in [-0.2, -0.15) is 5.26 Å². The molecule has 52 valence electrons. The van der Waals surface area contributed by atoms with Crippen LogP contribution in [0.4, 0.5) is 0 Å². The van der Waals surface area contributed by atoms with Crippen LogP contribution in [0.2, 0.25) is 0 Å². The summed E-state index contributed by atoms with van der Waals surface area (Å²) in [6.07, 6.45) is 4.97. The summed E-state index contributed by atoms with van der Waals surface area (Å²) in [5.41, 5.74) is 6.44. The molecule has 2 nitrogen and oxygen atoms in total. The Morgan fingerprint density at radius 2 is 2.20 bits per heavy atom. The minimum Gasteiger partial charge on any atom is -0.399 e. The van der Waals surface area contributed by atoms with Gasteiger partial charge in [0.1, 0.15) is 0 Å². The molecule has 0 unspecified atom stereocenters. The number of rotatable bonds is 2. The highest BCUT2D eigenvalue weighted by atomic mass is 14.5.